The lowest BCUT2D eigenvalue weighted by molar-refractivity contribution is -0.129. The molecule has 3 rings (SSSR count). The molecule has 1 saturated heterocycles. The third kappa shape index (κ3) is 2.95. The summed E-state index contributed by atoms with van der Waals surface area (Å²) in [7, 11) is 1.81. The molecule has 2 heterocycles. The molecule has 0 saturated carbocycles. The molecule has 1 aliphatic rings. The molecule has 1 aliphatic heterocycles. The van der Waals surface area contributed by atoms with Crippen LogP contribution in [0, 0.1) is 11.6 Å². The number of rotatable bonds is 2. The molecule has 1 fully saturated rings. The van der Waals surface area contributed by atoms with E-state index in [9.17, 15) is 13.6 Å². The summed E-state index contributed by atoms with van der Waals surface area (Å²) in [4.78, 5) is 23.5. The van der Waals surface area contributed by atoms with Crippen LogP contribution in [0.15, 0.2) is 18.5 Å². The fraction of sp³-hybridized carbons (Fsp3) is 0.438. The predicted molar refractivity (Wildman–Crippen MR) is 83.1 cm³/mol. The van der Waals surface area contributed by atoms with Crippen molar-refractivity contribution in [3.8, 4) is 0 Å². The summed E-state index contributed by atoms with van der Waals surface area (Å²) >= 11 is 0. The lowest BCUT2D eigenvalue weighted by Gasteiger charge is -2.37. The number of aromatic nitrogens is 2. The van der Waals surface area contributed by atoms with Crippen LogP contribution in [0.3, 0.4) is 0 Å². The molecule has 0 unspecified atom stereocenters. The number of carbonyl (C=O) groups excluding carboxylic acids is 1. The first-order valence-electron chi connectivity index (χ1n) is 7.55. The first kappa shape index (κ1) is 15.6. The minimum atomic E-state index is -0.913. The van der Waals surface area contributed by atoms with Gasteiger partial charge in [-0.3, -0.25) is 4.79 Å². The zero-order valence-corrected chi connectivity index (χ0v) is 13.1. The van der Waals surface area contributed by atoms with Crippen molar-refractivity contribution < 1.29 is 13.6 Å². The van der Waals surface area contributed by atoms with E-state index in [-0.39, 0.29) is 11.9 Å². The van der Waals surface area contributed by atoms with Crippen LogP contribution in [0.25, 0.3) is 10.9 Å². The maximum absolute atomic E-state index is 13.6. The van der Waals surface area contributed by atoms with Gasteiger partial charge in [0.15, 0.2) is 11.6 Å². The average molecular weight is 320 g/mol. The summed E-state index contributed by atoms with van der Waals surface area (Å²) in [6.07, 6.45) is 2.99. The number of amides is 1. The van der Waals surface area contributed by atoms with Gasteiger partial charge in [-0.25, -0.2) is 18.7 Å². The molecule has 0 spiro atoms. The molecular weight excluding hydrogens is 302 g/mol. The Balaban J connectivity index is 1.85. The Morgan fingerprint density at radius 2 is 1.87 bits per heavy atom. The van der Waals surface area contributed by atoms with Gasteiger partial charge in [-0.2, -0.15) is 0 Å². The summed E-state index contributed by atoms with van der Waals surface area (Å²) in [6.45, 7) is 2.96. The van der Waals surface area contributed by atoms with Gasteiger partial charge < -0.3 is 9.80 Å². The molecule has 7 heteroatoms. The van der Waals surface area contributed by atoms with E-state index in [4.69, 9.17) is 0 Å². The standard InChI is InChI=1S/C16H18F2N4O/c1-10(23)21(2)11-3-5-22(6-4-11)16-12-7-13(17)14(18)8-15(12)19-9-20-16/h7-9,11H,3-6H2,1-2H3. The first-order chi connectivity index (χ1) is 11.0. The van der Waals surface area contributed by atoms with Gasteiger partial charge >= 0.3 is 0 Å². The predicted octanol–water partition coefficient (Wildman–Crippen LogP) is 2.36. The fourth-order valence-corrected chi connectivity index (χ4v) is 3.01. The Labute approximate surface area is 132 Å². The van der Waals surface area contributed by atoms with E-state index in [1.807, 2.05) is 4.90 Å². The van der Waals surface area contributed by atoms with Gasteiger partial charge in [-0.05, 0) is 18.9 Å². The topological polar surface area (TPSA) is 49.3 Å². The Morgan fingerprint density at radius 3 is 2.52 bits per heavy atom. The number of piperidine rings is 1. The highest BCUT2D eigenvalue weighted by Crippen LogP contribution is 2.28. The molecule has 1 aromatic heterocycles. The molecule has 0 atom stereocenters. The quantitative estimate of drug-likeness (QED) is 0.852. The van der Waals surface area contributed by atoms with Gasteiger partial charge in [0.1, 0.15) is 12.1 Å². The molecule has 23 heavy (non-hydrogen) atoms. The van der Waals surface area contributed by atoms with E-state index in [2.05, 4.69) is 9.97 Å². The molecule has 2 aromatic rings. The van der Waals surface area contributed by atoms with Crippen molar-refractivity contribution >= 4 is 22.6 Å². The van der Waals surface area contributed by atoms with Crippen LogP contribution in [-0.2, 0) is 4.79 Å². The summed E-state index contributed by atoms with van der Waals surface area (Å²) in [5.74, 6) is -1.16. The molecule has 1 amide bonds. The second-order valence-electron chi connectivity index (χ2n) is 5.83. The van der Waals surface area contributed by atoms with Crippen molar-refractivity contribution in [2.75, 3.05) is 25.0 Å². The maximum Gasteiger partial charge on any atom is 0.219 e. The zero-order valence-electron chi connectivity index (χ0n) is 13.1. The second kappa shape index (κ2) is 6.06. The molecule has 0 radical (unpaired) electrons. The Morgan fingerprint density at radius 1 is 1.22 bits per heavy atom. The van der Waals surface area contributed by atoms with Gasteiger partial charge in [0.25, 0.3) is 0 Å². The van der Waals surface area contributed by atoms with E-state index in [1.165, 1.54) is 6.33 Å². The van der Waals surface area contributed by atoms with Gasteiger partial charge in [0.2, 0.25) is 5.91 Å². The van der Waals surface area contributed by atoms with Gasteiger partial charge in [0.05, 0.1) is 5.52 Å². The number of hydrogen-bond donors (Lipinski definition) is 0. The minimum absolute atomic E-state index is 0.0495. The summed E-state index contributed by atoms with van der Waals surface area (Å²) in [5.41, 5.74) is 0.386. The van der Waals surface area contributed by atoms with Crippen LogP contribution < -0.4 is 4.90 Å². The van der Waals surface area contributed by atoms with Gasteiger partial charge in [-0.15, -0.1) is 0 Å². The van der Waals surface area contributed by atoms with E-state index in [0.717, 1.165) is 25.0 Å². The van der Waals surface area contributed by atoms with Gasteiger partial charge in [-0.1, -0.05) is 0 Å². The first-order valence-corrected chi connectivity index (χ1v) is 7.55. The van der Waals surface area contributed by atoms with E-state index >= 15 is 0 Å². The third-order valence-corrected chi connectivity index (χ3v) is 4.46. The van der Waals surface area contributed by atoms with Crippen molar-refractivity contribution in [3.63, 3.8) is 0 Å². The Hall–Kier alpha value is -2.31. The van der Waals surface area contributed by atoms with Crippen molar-refractivity contribution in [2.24, 2.45) is 0 Å². The largest absolute Gasteiger partial charge is 0.356 e. The van der Waals surface area contributed by atoms with E-state index in [1.54, 1.807) is 18.9 Å². The number of hydrogen-bond acceptors (Lipinski definition) is 4. The molecule has 0 N–H and O–H groups in total. The summed E-state index contributed by atoms with van der Waals surface area (Å²) < 4.78 is 26.9. The number of halogens is 2. The van der Waals surface area contributed by atoms with E-state index in [0.29, 0.717) is 29.8 Å². The fourth-order valence-electron chi connectivity index (χ4n) is 3.01. The van der Waals surface area contributed by atoms with Crippen LogP contribution in [0.1, 0.15) is 19.8 Å². The van der Waals surface area contributed by atoms with Crippen LogP contribution in [0.4, 0.5) is 14.6 Å². The number of nitrogens with zero attached hydrogens (tertiary/aromatic N) is 4. The Kier molecular flexibility index (Phi) is 4.11. The van der Waals surface area contributed by atoms with Crippen molar-refractivity contribution in [2.45, 2.75) is 25.8 Å². The maximum atomic E-state index is 13.6. The molecule has 1 aromatic carbocycles. The Bertz CT molecular complexity index is 744. The molecule has 0 bridgehead atoms. The number of benzene rings is 1. The third-order valence-electron chi connectivity index (χ3n) is 4.46. The van der Waals surface area contributed by atoms with Crippen molar-refractivity contribution in [1.82, 2.24) is 14.9 Å². The number of anilines is 1. The monoisotopic (exact) mass is 320 g/mol. The molecular formula is C16H18F2N4O. The highest BCUT2D eigenvalue weighted by Gasteiger charge is 2.25. The second-order valence-corrected chi connectivity index (χ2v) is 5.83. The molecule has 0 aliphatic carbocycles. The number of fused-ring (bicyclic) bond motifs is 1. The van der Waals surface area contributed by atoms with Crippen LogP contribution in [-0.4, -0.2) is 47.0 Å². The normalized spacial score (nSPS) is 15.9. The smallest absolute Gasteiger partial charge is 0.219 e. The van der Waals surface area contributed by atoms with Gasteiger partial charge in [0, 0.05) is 44.6 Å². The highest BCUT2D eigenvalue weighted by molar-refractivity contribution is 5.89. The summed E-state index contributed by atoms with van der Waals surface area (Å²) in [5, 5.41) is 0.504. The minimum Gasteiger partial charge on any atom is -0.356 e. The highest BCUT2D eigenvalue weighted by atomic mass is 19.2. The van der Waals surface area contributed by atoms with Crippen LogP contribution in [0.2, 0.25) is 0 Å². The zero-order chi connectivity index (χ0) is 16.6. The van der Waals surface area contributed by atoms with E-state index < -0.39 is 11.6 Å². The average Bonchev–Trinajstić information content (AvgIpc) is 2.55. The van der Waals surface area contributed by atoms with Crippen LogP contribution in [0.5, 0.6) is 0 Å². The molecule has 5 nitrogen and oxygen atoms in total. The SMILES string of the molecule is CC(=O)N(C)C1CCN(c2ncnc3cc(F)c(F)cc23)CC1. The lowest BCUT2D eigenvalue weighted by atomic mass is 10.0. The van der Waals surface area contributed by atoms with Crippen LogP contribution >= 0.6 is 0 Å². The van der Waals surface area contributed by atoms with Crippen molar-refractivity contribution in [1.29, 1.82) is 0 Å². The number of carbonyl (C=O) groups is 1. The van der Waals surface area contributed by atoms with Crippen molar-refractivity contribution in [3.05, 3.63) is 30.1 Å². The summed E-state index contributed by atoms with van der Waals surface area (Å²) in [6, 6.07) is 2.44. The molecule has 122 valence electrons. The lowest BCUT2D eigenvalue weighted by Crippen LogP contribution is -2.45.